The Morgan fingerprint density at radius 2 is 2.00 bits per heavy atom. The molecule has 6 nitrogen and oxygen atoms in total. The first-order valence-electron chi connectivity index (χ1n) is 3.15. The Kier molecular flexibility index (Phi) is 3.33. The summed E-state index contributed by atoms with van der Waals surface area (Å²) in [7, 11) is -4.57. The zero-order valence-electron chi connectivity index (χ0n) is 6.80. The number of hydrogen-bond donors (Lipinski definition) is 3. The summed E-state index contributed by atoms with van der Waals surface area (Å²) in [4.78, 5) is 19.8. The van der Waals surface area contributed by atoms with Crippen molar-refractivity contribution in [1.29, 1.82) is 0 Å². The first kappa shape index (κ1) is 11.5. The van der Waals surface area contributed by atoms with Crippen LogP contribution in [0, 0.1) is 5.41 Å². The largest absolute Gasteiger partial charge is 0.433 e. The first-order valence-corrected chi connectivity index (χ1v) is 4.76. The molecule has 3 N–H and O–H groups in total. The van der Waals surface area contributed by atoms with E-state index in [4.69, 9.17) is 20.4 Å². The van der Waals surface area contributed by atoms with Crippen LogP contribution in [-0.4, -0.2) is 31.7 Å². The van der Waals surface area contributed by atoms with Crippen LogP contribution in [0.15, 0.2) is 0 Å². The number of aliphatic hydroxyl groups is 1. The second kappa shape index (κ2) is 3.47. The lowest BCUT2D eigenvalue weighted by atomic mass is 9.97. The van der Waals surface area contributed by atoms with Gasteiger partial charge in [-0.15, -0.1) is 0 Å². The average molecular weight is 194 g/mol. The van der Waals surface area contributed by atoms with Gasteiger partial charge in [0.15, 0.2) is 0 Å². The molecule has 0 amide bonds. The lowest BCUT2D eigenvalue weighted by molar-refractivity contribution is -0.0192. The van der Waals surface area contributed by atoms with Crippen molar-refractivity contribution in [3.63, 3.8) is 0 Å². The van der Waals surface area contributed by atoms with Crippen LogP contribution in [0.3, 0.4) is 0 Å². The maximum absolute atomic E-state index is 10.7. The molecule has 70 valence electrons. The third kappa shape index (κ3) is 2.52. The smallest absolute Gasteiger partial charge is 0.395 e. The lowest BCUT2D eigenvalue weighted by Crippen LogP contribution is -2.29. The minimum atomic E-state index is -4.57. The molecule has 0 bridgehead atoms. The van der Waals surface area contributed by atoms with E-state index in [1.54, 1.807) is 0 Å². The molecular weight excluding hydrogens is 183 g/mol. The van der Waals surface area contributed by atoms with E-state index in [-0.39, 0.29) is 0 Å². The summed E-state index contributed by atoms with van der Waals surface area (Å²) in [5.74, 6) is 0. The van der Waals surface area contributed by atoms with Crippen molar-refractivity contribution in [2.45, 2.75) is 13.8 Å². The molecule has 0 saturated heterocycles. The first-order chi connectivity index (χ1) is 5.25. The summed E-state index contributed by atoms with van der Waals surface area (Å²) in [6, 6.07) is 0. The SMILES string of the molecule is CC(C)(CO)C(=[N+]=[N-])P(=O)(O)O. The zero-order valence-corrected chi connectivity index (χ0v) is 7.69. The lowest BCUT2D eigenvalue weighted by Gasteiger charge is -2.15. The highest BCUT2D eigenvalue weighted by atomic mass is 31.2. The highest BCUT2D eigenvalue weighted by Gasteiger charge is 2.45. The maximum Gasteiger partial charge on any atom is 0.433 e. The Hall–Kier alpha value is -0.510. The Morgan fingerprint density at radius 3 is 2.08 bits per heavy atom. The highest BCUT2D eigenvalue weighted by molar-refractivity contribution is 7.70. The molecule has 0 aliphatic heterocycles. The fraction of sp³-hybridized carbons (Fsp3) is 0.800. The molecule has 0 aromatic heterocycles. The van der Waals surface area contributed by atoms with Crippen LogP contribution in [0.25, 0.3) is 5.53 Å². The van der Waals surface area contributed by atoms with E-state index in [0.717, 1.165) is 0 Å². The van der Waals surface area contributed by atoms with Crippen molar-refractivity contribution >= 4 is 13.0 Å². The molecule has 12 heavy (non-hydrogen) atoms. The van der Waals surface area contributed by atoms with E-state index < -0.39 is 25.1 Å². The minimum Gasteiger partial charge on any atom is -0.395 e. The van der Waals surface area contributed by atoms with Crippen LogP contribution < -0.4 is 0 Å². The second-order valence-corrected chi connectivity index (χ2v) is 4.52. The van der Waals surface area contributed by atoms with Crippen LogP contribution >= 0.6 is 7.60 Å². The normalized spacial score (nSPS) is 12.4. The van der Waals surface area contributed by atoms with Gasteiger partial charge in [-0.3, -0.25) is 0 Å². The third-order valence-electron chi connectivity index (χ3n) is 1.37. The van der Waals surface area contributed by atoms with Gasteiger partial charge in [-0.05, 0) is 13.8 Å². The second-order valence-electron chi connectivity index (χ2n) is 3.01. The Labute approximate surface area is 69.6 Å². The number of hydrogen-bond acceptors (Lipinski definition) is 2. The molecule has 0 spiro atoms. The van der Waals surface area contributed by atoms with Gasteiger partial charge in [0.1, 0.15) is 0 Å². The molecule has 0 saturated carbocycles. The quantitative estimate of drug-likeness (QED) is 0.250. The Balaban J connectivity index is 5.12. The predicted molar refractivity (Wildman–Crippen MR) is 41.5 cm³/mol. The van der Waals surface area contributed by atoms with E-state index in [9.17, 15) is 4.57 Å². The van der Waals surface area contributed by atoms with Gasteiger partial charge in [0.2, 0.25) is 0 Å². The van der Waals surface area contributed by atoms with Gasteiger partial charge in [-0.2, -0.15) is 4.79 Å². The fourth-order valence-electron chi connectivity index (χ4n) is 0.659. The molecule has 0 aromatic rings. The third-order valence-corrected chi connectivity index (χ3v) is 2.62. The summed E-state index contributed by atoms with van der Waals surface area (Å²) >= 11 is 0. The van der Waals surface area contributed by atoms with Gasteiger partial charge >= 0.3 is 13.0 Å². The van der Waals surface area contributed by atoms with Gasteiger partial charge in [-0.25, -0.2) is 4.57 Å². The van der Waals surface area contributed by atoms with E-state index in [1.807, 2.05) is 0 Å². The summed E-state index contributed by atoms with van der Waals surface area (Å²) in [5.41, 5.74) is 6.39. The number of rotatable bonds is 3. The van der Waals surface area contributed by atoms with Crippen molar-refractivity contribution in [3.8, 4) is 0 Å². The van der Waals surface area contributed by atoms with Crippen molar-refractivity contribution in [2.75, 3.05) is 6.61 Å². The van der Waals surface area contributed by atoms with Crippen LogP contribution in [0.2, 0.25) is 0 Å². The van der Waals surface area contributed by atoms with Crippen molar-refractivity contribution in [3.05, 3.63) is 5.53 Å². The summed E-state index contributed by atoms with van der Waals surface area (Å²) in [6.45, 7) is 2.22. The Morgan fingerprint density at radius 1 is 1.58 bits per heavy atom. The maximum atomic E-state index is 10.7. The zero-order chi connectivity index (χ0) is 9.99. The predicted octanol–water partition coefficient (Wildman–Crippen LogP) is -0.189. The molecule has 0 aliphatic carbocycles. The van der Waals surface area contributed by atoms with Crippen LogP contribution in [-0.2, 0) is 4.57 Å². The van der Waals surface area contributed by atoms with Gasteiger partial charge in [0, 0.05) is 0 Å². The van der Waals surface area contributed by atoms with Gasteiger partial charge in [0.05, 0.1) is 12.0 Å². The average Bonchev–Trinajstić information content (AvgIpc) is 1.85. The molecule has 0 radical (unpaired) electrons. The van der Waals surface area contributed by atoms with Crippen LogP contribution in [0.5, 0.6) is 0 Å². The van der Waals surface area contributed by atoms with Crippen molar-refractivity contribution in [2.24, 2.45) is 5.41 Å². The Bertz CT molecular complexity index is 263. The molecule has 0 aromatic carbocycles. The van der Waals surface area contributed by atoms with E-state index >= 15 is 0 Å². The number of aliphatic hydroxyl groups excluding tert-OH is 1. The molecule has 0 unspecified atom stereocenters. The summed E-state index contributed by atoms with van der Waals surface area (Å²) in [5, 5.41) is 8.72. The van der Waals surface area contributed by atoms with Crippen LogP contribution in [0.4, 0.5) is 0 Å². The summed E-state index contributed by atoms with van der Waals surface area (Å²) < 4.78 is 10.7. The van der Waals surface area contributed by atoms with E-state index in [1.165, 1.54) is 13.8 Å². The fourth-order valence-corrected chi connectivity index (χ4v) is 1.63. The van der Waals surface area contributed by atoms with Crippen molar-refractivity contribution in [1.82, 2.24) is 0 Å². The van der Waals surface area contributed by atoms with Gasteiger partial charge < -0.3 is 20.4 Å². The molecular formula is C5H11N2O4P. The molecule has 0 heterocycles. The van der Waals surface area contributed by atoms with Crippen LogP contribution in [0.1, 0.15) is 13.8 Å². The van der Waals surface area contributed by atoms with E-state index in [0.29, 0.717) is 0 Å². The molecule has 0 aliphatic rings. The van der Waals surface area contributed by atoms with E-state index in [2.05, 4.69) is 4.79 Å². The molecule has 7 heteroatoms. The number of nitrogens with zero attached hydrogens (tertiary/aromatic N) is 2. The van der Waals surface area contributed by atoms with Gasteiger partial charge in [0.25, 0.3) is 0 Å². The monoisotopic (exact) mass is 194 g/mol. The minimum absolute atomic E-state index is 0.502. The standard InChI is InChI=1S/C5H11N2O4P/c1-5(2,3-8)4(7-6)12(9,10)11/h8H,3H2,1-2H3,(H2,9,10,11). The van der Waals surface area contributed by atoms with Gasteiger partial charge in [-0.1, -0.05) is 0 Å². The summed E-state index contributed by atoms with van der Waals surface area (Å²) in [6.07, 6.45) is 0. The molecule has 0 fully saturated rings. The molecule has 0 atom stereocenters. The van der Waals surface area contributed by atoms with Crippen molar-refractivity contribution < 1.29 is 24.2 Å². The topological polar surface area (TPSA) is 114 Å². The highest BCUT2D eigenvalue weighted by Crippen LogP contribution is 2.43. The molecule has 0 rings (SSSR count).